The van der Waals surface area contributed by atoms with Crippen molar-refractivity contribution in [3.8, 4) is 11.8 Å². The number of nitrogens with one attached hydrogen (secondary N) is 1. The van der Waals surface area contributed by atoms with Crippen LogP contribution in [0.3, 0.4) is 0 Å². The number of anilines is 1. The van der Waals surface area contributed by atoms with E-state index in [1.165, 1.54) is 28.6 Å². The first-order chi connectivity index (χ1) is 13.9. The van der Waals surface area contributed by atoms with Crippen LogP contribution < -0.4 is 10.1 Å². The standard InChI is InChI=1S/C20H21N3O5S/c1-15(20(24)22-17-4-2-3-16(13-17)14-21)28-18-5-7-19(8-6-18)29(25,26)23-9-11-27-12-10-23/h2-8,13,15H,9-12H2,1H3,(H,22,24)/t15-/m0/s1. The van der Waals surface area contributed by atoms with Gasteiger partial charge in [0.25, 0.3) is 5.91 Å². The van der Waals surface area contributed by atoms with Gasteiger partial charge in [0.2, 0.25) is 10.0 Å². The topological polar surface area (TPSA) is 109 Å². The number of nitriles is 1. The molecule has 1 fully saturated rings. The quantitative estimate of drug-likeness (QED) is 0.773. The Hall–Kier alpha value is -2.93. The maximum absolute atomic E-state index is 12.6. The van der Waals surface area contributed by atoms with Crippen molar-refractivity contribution in [1.29, 1.82) is 5.26 Å². The molecular formula is C20H21N3O5S. The van der Waals surface area contributed by atoms with Gasteiger partial charge in [-0.3, -0.25) is 4.79 Å². The molecule has 9 heteroatoms. The molecular weight excluding hydrogens is 394 g/mol. The van der Waals surface area contributed by atoms with E-state index in [4.69, 9.17) is 14.7 Å². The van der Waals surface area contributed by atoms with Crippen molar-refractivity contribution in [2.24, 2.45) is 0 Å². The second-order valence-electron chi connectivity index (χ2n) is 6.43. The molecule has 1 aliphatic rings. The smallest absolute Gasteiger partial charge is 0.265 e. The number of hydrogen-bond donors (Lipinski definition) is 1. The highest BCUT2D eigenvalue weighted by atomic mass is 32.2. The maximum atomic E-state index is 12.6. The van der Waals surface area contributed by atoms with Crippen LogP contribution >= 0.6 is 0 Å². The molecule has 1 saturated heterocycles. The van der Waals surface area contributed by atoms with Gasteiger partial charge in [-0.1, -0.05) is 6.07 Å². The van der Waals surface area contributed by atoms with Crippen molar-refractivity contribution in [2.75, 3.05) is 31.6 Å². The van der Waals surface area contributed by atoms with Gasteiger partial charge < -0.3 is 14.8 Å². The molecule has 2 aromatic carbocycles. The third kappa shape index (κ3) is 5.12. The monoisotopic (exact) mass is 415 g/mol. The third-order valence-electron chi connectivity index (χ3n) is 4.37. The maximum Gasteiger partial charge on any atom is 0.265 e. The lowest BCUT2D eigenvalue weighted by atomic mass is 10.2. The zero-order chi connectivity index (χ0) is 20.9. The Kier molecular flexibility index (Phi) is 6.49. The van der Waals surface area contributed by atoms with Crippen LogP contribution in [0.1, 0.15) is 12.5 Å². The molecule has 2 aromatic rings. The summed E-state index contributed by atoms with van der Waals surface area (Å²) in [6.45, 7) is 2.99. The summed E-state index contributed by atoms with van der Waals surface area (Å²) < 4.78 is 37.4. The highest BCUT2D eigenvalue weighted by molar-refractivity contribution is 7.89. The second-order valence-corrected chi connectivity index (χ2v) is 8.37. The Bertz CT molecular complexity index is 1010. The fraction of sp³-hybridized carbons (Fsp3) is 0.300. The SMILES string of the molecule is C[C@H](Oc1ccc(S(=O)(=O)N2CCOCC2)cc1)C(=O)Nc1cccc(C#N)c1. The van der Waals surface area contributed by atoms with Crippen LogP contribution in [-0.2, 0) is 19.6 Å². The summed E-state index contributed by atoms with van der Waals surface area (Å²) in [5, 5.41) is 11.6. The Morgan fingerprint density at radius 1 is 1.21 bits per heavy atom. The average Bonchev–Trinajstić information content (AvgIpc) is 2.75. The molecule has 29 heavy (non-hydrogen) atoms. The summed E-state index contributed by atoms with van der Waals surface area (Å²) >= 11 is 0. The molecule has 0 radical (unpaired) electrons. The van der Waals surface area contributed by atoms with E-state index in [2.05, 4.69) is 5.32 Å². The Morgan fingerprint density at radius 3 is 2.55 bits per heavy atom. The van der Waals surface area contributed by atoms with Gasteiger partial charge in [-0.15, -0.1) is 0 Å². The van der Waals surface area contributed by atoms with E-state index in [1.54, 1.807) is 31.2 Å². The largest absolute Gasteiger partial charge is 0.481 e. The molecule has 1 amide bonds. The van der Waals surface area contributed by atoms with Crippen LogP contribution in [-0.4, -0.2) is 51.0 Å². The molecule has 1 heterocycles. The van der Waals surface area contributed by atoms with E-state index in [1.807, 2.05) is 6.07 Å². The van der Waals surface area contributed by atoms with E-state index in [9.17, 15) is 13.2 Å². The second kappa shape index (κ2) is 9.05. The van der Waals surface area contributed by atoms with Gasteiger partial charge >= 0.3 is 0 Å². The summed E-state index contributed by atoms with van der Waals surface area (Å²) in [4.78, 5) is 12.5. The molecule has 1 atom stereocenters. The van der Waals surface area contributed by atoms with Crippen LogP contribution in [0.5, 0.6) is 5.75 Å². The number of morpholine rings is 1. The van der Waals surface area contributed by atoms with Crippen molar-refractivity contribution < 1.29 is 22.7 Å². The zero-order valence-electron chi connectivity index (χ0n) is 15.9. The van der Waals surface area contributed by atoms with Crippen LogP contribution in [0.25, 0.3) is 0 Å². The number of ether oxygens (including phenoxy) is 2. The molecule has 0 aromatic heterocycles. The lowest BCUT2D eigenvalue weighted by molar-refractivity contribution is -0.122. The fourth-order valence-corrected chi connectivity index (χ4v) is 4.20. The van der Waals surface area contributed by atoms with Crippen LogP contribution in [0, 0.1) is 11.3 Å². The van der Waals surface area contributed by atoms with Gasteiger partial charge in [0.1, 0.15) is 5.75 Å². The molecule has 3 rings (SSSR count). The first-order valence-electron chi connectivity index (χ1n) is 9.06. The molecule has 0 bridgehead atoms. The lowest BCUT2D eigenvalue weighted by Crippen LogP contribution is -2.40. The minimum absolute atomic E-state index is 0.164. The highest BCUT2D eigenvalue weighted by Crippen LogP contribution is 2.21. The van der Waals surface area contributed by atoms with Gasteiger partial charge in [0.15, 0.2) is 6.10 Å². The number of carbonyl (C=O) groups is 1. The van der Waals surface area contributed by atoms with Crippen molar-refractivity contribution in [2.45, 2.75) is 17.9 Å². The molecule has 1 aliphatic heterocycles. The number of carbonyl (C=O) groups excluding carboxylic acids is 1. The number of nitrogens with zero attached hydrogens (tertiary/aromatic N) is 2. The van der Waals surface area contributed by atoms with Gasteiger partial charge in [0.05, 0.1) is 29.7 Å². The predicted molar refractivity (Wildman–Crippen MR) is 106 cm³/mol. The van der Waals surface area contributed by atoms with Crippen LogP contribution in [0.4, 0.5) is 5.69 Å². The fourth-order valence-electron chi connectivity index (χ4n) is 2.79. The van der Waals surface area contributed by atoms with Crippen LogP contribution in [0.15, 0.2) is 53.4 Å². The van der Waals surface area contributed by atoms with E-state index in [0.29, 0.717) is 43.3 Å². The average molecular weight is 415 g/mol. The number of sulfonamides is 1. The first-order valence-corrected chi connectivity index (χ1v) is 10.5. The summed E-state index contributed by atoms with van der Waals surface area (Å²) in [5.41, 5.74) is 0.935. The first kappa shape index (κ1) is 20.8. The number of amides is 1. The zero-order valence-corrected chi connectivity index (χ0v) is 16.7. The van der Waals surface area contributed by atoms with E-state index < -0.39 is 16.1 Å². The Balaban J connectivity index is 1.62. The summed E-state index contributed by atoms with van der Waals surface area (Å²) in [7, 11) is -3.58. The van der Waals surface area contributed by atoms with Gasteiger partial charge in [0, 0.05) is 18.8 Å². The van der Waals surface area contributed by atoms with E-state index >= 15 is 0 Å². The lowest BCUT2D eigenvalue weighted by Gasteiger charge is -2.26. The molecule has 1 N–H and O–H groups in total. The minimum atomic E-state index is -3.58. The van der Waals surface area contributed by atoms with Crippen LogP contribution in [0.2, 0.25) is 0 Å². The van der Waals surface area contributed by atoms with Crippen molar-refractivity contribution in [3.05, 3.63) is 54.1 Å². The van der Waals surface area contributed by atoms with Crippen molar-refractivity contribution in [1.82, 2.24) is 4.31 Å². The molecule has 0 saturated carbocycles. The summed E-state index contributed by atoms with van der Waals surface area (Å²) in [6, 6.07) is 14.5. The Morgan fingerprint density at radius 2 is 1.90 bits per heavy atom. The molecule has 0 unspecified atom stereocenters. The number of hydrogen-bond acceptors (Lipinski definition) is 6. The number of rotatable bonds is 6. The van der Waals surface area contributed by atoms with Gasteiger partial charge in [-0.05, 0) is 49.4 Å². The van der Waals surface area contributed by atoms with Gasteiger partial charge in [-0.2, -0.15) is 9.57 Å². The number of benzene rings is 2. The highest BCUT2D eigenvalue weighted by Gasteiger charge is 2.26. The molecule has 152 valence electrons. The predicted octanol–water partition coefficient (Wildman–Crippen LogP) is 1.99. The Labute approximate surface area is 169 Å². The third-order valence-corrected chi connectivity index (χ3v) is 6.29. The summed E-state index contributed by atoms with van der Waals surface area (Å²) in [5.74, 6) is -0.00976. The summed E-state index contributed by atoms with van der Waals surface area (Å²) in [6.07, 6.45) is -0.817. The molecule has 8 nitrogen and oxygen atoms in total. The van der Waals surface area contributed by atoms with Gasteiger partial charge in [-0.25, -0.2) is 8.42 Å². The normalized spacial score (nSPS) is 15.9. The van der Waals surface area contributed by atoms with Crippen molar-refractivity contribution in [3.63, 3.8) is 0 Å². The van der Waals surface area contributed by atoms with E-state index in [0.717, 1.165) is 0 Å². The minimum Gasteiger partial charge on any atom is -0.481 e. The van der Waals surface area contributed by atoms with E-state index in [-0.39, 0.29) is 10.8 Å². The molecule has 0 aliphatic carbocycles. The van der Waals surface area contributed by atoms with Crippen molar-refractivity contribution >= 4 is 21.6 Å². The molecule has 0 spiro atoms.